The minimum atomic E-state index is -0.0105. The summed E-state index contributed by atoms with van der Waals surface area (Å²) in [7, 11) is 0. The van der Waals surface area contributed by atoms with Crippen molar-refractivity contribution in [2.24, 2.45) is 0 Å². The van der Waals surface area contributed by atoms with E-state index in [2.05, 4.69) is 20.9 Å². The first-order chi connectivity index (χ1) is 12.2. The molecule has 1 fully saturated rings. The first kappa shape index (κ1) is 16.1. The number of ether oxygens (including phenoxy) is 1. The lowest BCUT2D eigenvalue weighted by atomic mass is 10.2. The van der Waals surface area contributed by atoms with Crippen LogP contribution < -0.4 is 4.74 Å². The fraction of sp³-hybridized carbons (Fsp3) is 0.200. The van der Waals surface area contributed by atoms with Gasteiger partial charge in [-0.15, -0.1) is 0 Å². The third-order valence-corrected chi connectivity index (χ3v) is 4.89. The average molecular weight is 397 g/mol. The summed E-state index contributed by atoms with van der Waals surface area (Å²) in [5.41, 5.74) is 1.56. The molecule has 2 heterocycles. The van der Waals surface area contributed by atoms with Crippen molar-refractivity contribution in [3.8, 4) is 5.75 Å². The molecule has 0 unspecified atom stereocenters. The van der Waals surface area contributed by atoms with E-state index in [1.54, 1.807) is 6.20 Å². The van der Waals surface area contributed by atoms with Crippen molar-refractivity contribution >= 4 is 32.7 Å². The van der Waals surface area contributed by atoms with Gasteiger partial charge in [0.1, 0.15) is 17.4 Å². The van der Waals surface area contributed by atoms with Crippen molar-refractivity contribution in [2.75, 3.05) is 13.1 Å². The standard InChI is InChI=1S/C20H17BrN2O2/c21-16-7-1-5-15(12-16)20(24)23-11-9-17(13-23)25-18-8-2-4-14-6-3-10-22-19(14)18/h1-8,10,12,17H,9,11,13H2/t17-/m0/s1. The summed E-state index contributed by atoms with van der Waals surface area (Å²) in [5, 5.41) is 1.06. The van der Waals surface area contributed by atoms with Crippen molar-refractivity contribution in [3.05, 3.63) is 70.8 Å². The molecule has 1 atom stereocenters. The Morgan fingerprint density at radius 2 is 2.00 bits per heavy atom. The zero-order valence-electron chi connectivity index (χ0n) is 13.6. The molecule has 3 aromatic rings. The summed E-state index contributed by atoms with van der Waals surface area (Å²) in [6.45, 7) is 1.29. The maximum atomic E-state index is 12.6. The molecule has 5 heteroatoms. The van der Waals surface area contributed by atoms with Crippen molar-refractivity contribution < 1.29 is 9.53 Å². The number of para-hydroxylation sites is 1. The normalized spacial score (nSPS) is 17.0. The summed E-state index contributed by atoms with van der Waals surface area (Å²) in [6.07, 6.45) is 2.58. The van der Waals surface area contributed by atoms with E-state index in [1.807, 2.05) is 59.5 Å². The maximum absolute atomic E-state index is 12.6. The molecule has 2 aromatic carbocycles. The van der Waals surface area contributed by atoms with Crippen molar-refractivity contribution in [1.82, 2.24) is 9.88 Å². The van der Waals surface area contributed by atoms with Crippen LogP contribution in [0.15, 0.2) is 65.3 Å². The number of hydrogen-bond acceptors (Lipinski definition) is 3. The number of amides is 1. The molecule has 4 rings (SSSR count). The predicted octanol–water partition coefficient (Wildman–Crippen LogP) is 4.29. The lowest BCUT2D eigenvalue weighted by Crippen LogP contribution is -2.30. The van der Waals surface area contributed by atoms with Crippen LogP contribution in [0.4, 0.5) is 0 Å². The van der Waals surface area contributed by atoms with E-state index in [0.717, 1.165) is 27.5 Å². The molecule has 1 aliphatic heterocycles. The summed E-state index contributed by atoms with van der Waals surface area (Å²) in [6, 6.07) is 17.4. The van der Waals surface area contributed by atoms with Gasteiger partial charge in [0.25, 0.3) is 5.91 Å². The Morgan fingerprint density at radius 1 is 1.16 bits per heavy atom. The van der Waals surface area contributed by atoms with Crippen LogP contribution in [0.1, 0.15) is 16.8 Å². The number of carbonyl (C=O) groups is 1. The summed E-state index contributed by atoms with van der Waals surface area (Å²) in [5.74, 6) is 0.822. The number of benzene rings is 2. The molecule has 0 bridgehead atoms. The van der Waals surface area contributed by atoms with Gasteiger partial charge in [-0.3, -0.25) is 9.78 Å². The second kappa shape index (κ2) is 6.84. The van der Waals surface area contributed by atoms with Gasteiger partial charge in [-0.1, -0.05) is 40.2 Å². The Morgan fingerprint density at radius 3 is 2.88 bits per heavy atom. The van der Waals surface area contributed by atoms with Crippen LogP contribution in [0, 0.1) is 0 Å². The molecule has 1 saturated heterocycles. The highest BCUT2D eigenvalue weighted by Gasteiger charge is 2.28. The largest absolute Gasteiger partial charge is 0.486 e. The fourth-order valence-electron chi connectivity index (χ4n) is 3.16. The van der Waals surface area contributed by atoms with Crippen LogP contribution in [0.25, 0.3) is 10.9 Å². The molecular weight excluding hydrogens is 380 g/mol. The molecule has 0 saturated carbocycles. The molecule has 1 amide bonds. The van der Waals surface area contributed by atoms with Gasteiger partial charge in [0.2, 0.25) is 0 Å². The molecule has 0 N–H and O–H groups in total. The van der Waals surface area contributed by atoms with Crippen LogP contribution in [0.5, 0.6) is 5.75 Å². The average Bonchev–Trinajstić information content (AvgIpc) is 3.10. The topological polar surface area (TPSA) is 42.4 Å². The number of pyridine rings is 1. The Bertz CT molecular complexity index is 923. The number of halogens is 1. The van der Waals surface area contributed by atoms with Crippen molar-refractivity contribution in [3.63, 3.8) is 0 Å². The molecule has 1 aliphatic rings. The third kappa shape index (κ3) is 3.37. The number of rotatable bonds is 3. The SMILES string of the molecule is O=C(c1cccc(Br)c1)N1CC[C@H](Oc2cccc3cccnc23)C1. The maximum Gasteiger partial charge on any atom is 0.254 e. The quantitative estimate of drug-likeness (QED) is 0.662. The van der Waals surface area contributed by atoms with Gasteiger partial charge >= 0.3 is 0 Å². The van der Waals surface area contributed by atoms with Crippen LogP contribution in [0.3, 0.4) is 0 Å². The Labute approximate surface area is 154 Å². The van der Waals surface area contributed by atoms with Gasteiger partial charge in [-0.2, -0.15) is 0 Å². The third-order valence-electron chi connectivity index (χ3n) is 4.39. The van der Waals surface area contributed by atoms with Gasteiger partial charge in [0.05, 0.1) is 6.54 Å². The smallest absolute Gasteiger partial charge is 0.254 e. The van der Waals surface area contributed by atoms with E-state index in [4.69, 9.17) is 4.74 Å². The summed E-state index contributed by atoms with van der Waals surface area (Å²) < 4.78 is 7.07. The summed E-state index contributed by atoms with van der Waals surface area (Å²) >= 11 is 3.42. The minimum Gasteiger partial charge on any atom is -0.486 e. The molecule has 0 spiro atoms. The van der Waals surface area contributed by atoms with E-state index >= 15 is 0 Å². The van der Waals surface area contributed by atoms with E-state index < -0.39 is 0 Å². The molecule has 1 aromatic heterocycles. The van der Waals surface area contributed by atoms with Gasteiger partial charge < -0.3 is 9.64 Å². The predicted molar refractivity (Wildman–Crippen MR) is 101 cm³/mol. The zero-order valence-corrected chi connectivity index (χ0v) is 15.1. The van der Waals surface area contributed by atoms with Crippen LogP contribution in [0.2, 0.25) is 0 Å². The number of hydrogen-bond donors (Lipinski definition) is 0. The highest BCUT2D eigenvalue weighted by Crippen LogP contribution is 2.26. The zero-order chi connectivity index (χ0) is 17.2. The minimum absolute atomic E-state index is 0.0105. The van der Waals surface area contributed by atoms with Gasteiger partial charge in [0, 0.05) is 34.6 Å². The number of carbonyl (C=O) groups excluding carboxylic acids is 1. The van der Waals surface area contributed by atoms with Crippen molar-refractivity contribution in [2.45, 2.75) is 12.5 Å². The first-order valence-corrected chi connectivity index (χ1v) is 9.05. The molecule has 4 nitrogen and oxygen atoms in total. The molecule has 0 aliphatic carbocycles. The van der Waals surface area contributed by atoms with Gasteiger partial charge in [-0.05, 0) is 30.3 Å². The number of likely N-dealkylation sites (tertiary alicyclic amines) is 1. The number of aromatic nitrogens is 1. The van der Waals surface area contributed by atoms with E-state index in [9.17, 15) is 4.79 Å². The van der Waals surface area contributed by atoms with Crippen LogP contribution in [-0.2, 0) is 0 Å². The Hall–Kier alpha value is -2.40. The number of nitrogens with zero attached hydrogens (tertiary/aromatic N) is 2. The highest BCUT2D eigenvalue weighted by atomic mass is 79.9. The number of fused-ring (bicyclic) bond motifs is 1. The fourth-order valence-corrected chi connectivity index (χ4v) is 3.56. The van der Waals surface area contributed by atoms with E-state index in [1.165, 1.54) is 0 Å². The van der Waals surface area contributed by atoms with Gasteiger partial charge in [0.15, 0.2) is 0 Å². The monoisotopic (exact) mass is 396 g/mol. The van der Waals surface area contributed by atoms with Crippen LogP contribution >= 0.6 is 15.9 Å². The van der Waals surface area contributed by atoms with E-state index in [-0.39, 0.29) is 12.0 Å². The van der Waals surface area contributed by atoms with E-state index in [0.29, 0.717) is 18.7 Å². The molecule has 126 valence electrons. The highest BCUT2D eigenvalue weighted by molar-refractivity contribution is 9.10. The lowest BCUT2D eigenvalue weighted by Gasteiger charge is -2.18. The summed E-state index contributed by atoms with van der Waals surface area (Å²) in [4.78, 5) is 18.9. The Kier molecular flexibility index (Phi) is 4.40. The second-order valence-electron chi connectivity index (χ2n) is 6.12. The molecule has 0 radical (unpaired) electrons. The van der Waals surface area contributed by atoms with Crippen molar-refractivity contribution in [1.29, 1.82) is 0 Å². The lowest BCUT2D eigenvalue weighted by molar-refractivity contribution is 0.0772. The molecule has 25 heavy (non-hydrogen) atoms. The Balaban J connectivity index is 1.48. The van der Waals surface area contributed by atoms with Crippen LogP contribution in [-0.4, -0.2) is 35.0 Å². The first-order valence-electron chi connectivity index (χ1n) is 8.26. The molecular formula is C20H17BrN2O2. The van der Waals surface area contributed by atoms with Gasteiger partial charge in [-0.25, -0.2) is 0 Å². The second-order valence-corrected chi connectivity index (χ2v) is 7.04.